The molecule has 0 aliphatic heterocycles. The monoisotopic (exact) mass is 241 g/mol. The molecule has 2 atom stereocenters. The zero-order valence-electron chi connectivity index (χ0n) is 10.5. The summed E-state index contributed by atoms with van der Waals surface area (Å²) in [6.07, 6.45) is 4.17. The Kier molecular flexibility index (Phi) is 3.07. The van der Waals surface area contributed by atoms with Crippen LogP contribution < -0.4 is 5.73 Å². The molecule has 3 nitrogen and oxygen atoms in total. The van der Waals surface area contributed by atoms with Crippen LogP contribution in [0, 0.1) is 11.3 Å². The van der Waals surface area contributed by atoms with Crippen LogP contribution in [0.3, 0.4) is 0 Å². The van der Waals surface area contributed by atoms with E-state index in [-0.39, 0.29) is 6.04 Å². The predicted octanol–water partition coefficient (Wildman–Crippen LogP) is 2.51. The van der Waals surface area contributed by atoms with Crippen LogP contribution >= 0.6 is 0 Å². The molecular formula is C15H19N3. The third kappa shape index (κ3) is 2.03. The molecule has 94 valence electrons. The van der Waals surface area contributed by atoms with Gasteiger partial charge in [0.15, 0.2) is 0 Å². The summed E-state index contributed by atoms with van der Waals surface area (Å²) in [7, 11) is 0. The maximum atomic E-state index is 8.81. The molecule has 0 aromatic heterocycles. The third-order valence-electron chi connectivity index (χ3n) is 4.13. The Labute approximate surface area is 108 Å². The smallest absolute Gasteiger partial charge is 0.0635 e. The fraction of sp³-hybridized carbons (Fsp3) is 0.533. The van der Waals surface area contributed by atoms with Gasteiger partial charge in [0.1, 0.15) is 0 Å². The fourth-order valence-corrected chi connectivity index (χ4v) is 3.14. The standard InChI is InChI=1S/C15H19N3/c16-8-3-9-18(11-6-7-11)15-10-14(17)12-4-1-2-5-13(12)15/h1-2,4-5,11,14-15H,3,6-7,9-10,17H2. The van der Waals surface area contributed by atoms with Crippen molar-refractivity contribution in [2.75, 3.05) is 6.54 Å². The van der Waals surface area contributed by atoms with E-state index in [9.17, 15) is 0 Å². The molecule has 2 aliphatic carbocycles. The first-order valence-corrected chi connectivity index (χ1v) is 6.78. The number of nitrogens with two attached hydrogens (primary N) is 1. The minimum Gasteiger partial charge on any atom is -0.324 e. The topological polar surface area (TPSA) is 53.0 Å². The van der Waals surface area contributed by atoms with Gasteiger partial charge in [-0.15, -0.1) is 0 Å². The third-order valence-corrected chi connectivity index (χ3v) is 4.13. The Hall–Kier alpha value is -1.37. The Morgan fingerprint density at radius 2 is 2.00 bits per heavy atom. The lowest BCUT2D eigenvalue weighted by Gasteiger charge is -2.29. The molecule has 0 amide bonds. The first kappa shape index (κ1) is 11.7. The van der Waals surface area contributed by atoms with Crippen molar-refractivity contribution in [3.05, 3.63) is 35.4 Å². The van der Waals surface area contributed by atoms with E-state index in [0.29, 0.717) is 18.5 Å². The maximum Gasteiger partial charge on any atom is 0.0635 e. The lowest BCUT2D eigenvalue weighted by molar-refractivity contribution is 0.185. The van der Waals surface area contributed by atoms with Crippen molar-refractivity contribution in [2.45, 2.75) is 43.8 Å². The Morgan fingerprint density at radius 3 is 2.67 bits per heavy atom. The molecule has 3 heteroatoms. The number of hydrogen-bond donors (Lipinski definition) is 1. The predicted molar refractivity (Wildman–Crippen MR) is 70.7 cm³/mol. The highest BCUT2D eigenvalue weighted by molar-refractivity contribution is 5.37. The SMILES string of the molecule is N#CCCN(C1CC1)C1CC(N)c2ccccc21. The number of rotatable bonds is 4. The molecule has 1 aromatic rings. The van der Waals surface area contributed by atoms with Gasteiger partial charge in [0, 0.05) is 31.1 Å². The molecule has 1 fully saturated rings. The van der Waals surface area contributed by atoms with Crippen LogP contribution in [0.2, 0.25) is 0 Å². The van der Waals surface area contributed by atoms with E-state index < -0.39 is 0 Å². The van der Waals surface area contributed by atoms with Crippen molar-refractivity contribution in [1.29, 1.82) is 5.26 Å². The van der Waals surface area contributed by atoms with E-state index in [1.165, 1.54) is 24.0 Å². The molecule has 0 radical (unpaired) electrons. The number of fused-ring (bicyclic) bond motifs is 1. The van der Waals surface area contributed by atoms with E-state index in [4.69, 9.17) is 11.0 Å². The molecule has 2 aliphatic rings. The van der Waals surface area contributed by atoms with Gasteiger partial charge in [-0.1, -0.05) is 24.3 Å². The van der Waals surface area contributed by atoms with E-state index in [1.54, 1.807) is 0 Å². The van der Waals surface area contributed by atoms with E-state index in [2.05, 4.69) is 35.2 Å². The summed E-state index contributed by atoms with van der Waals surface area (Å²) >= 11 is 0. The van der Waals surface area contributed by atoms with Crippen LogP contribution in [0.5, 0.6) is 0 Å². The van der Waals surface area contributed by atoms with Gasteiger partial charge in [0.2, 0.25) is 0 Å². The minimum absolute atomic E-state index is 0.162. The van der Waals surface area contributed by atoms with E-state index in [0.717, 1.165) is 13.0 Å². The lowest BCUT2D eigenvalue weighted by atomic mass is 10.1. The number of hydrogen-bond acceptors (Lipinski definition) is 3. The first-order chi connectivity index (χ1) is 8.81. The maximum absolute atomic E-state index is 8.81. The van der Waals surface area contributed by atoms with Gasteiger partial charge >= 0.3 is 0 Å². The molecule has 2 N–H and O–H groups in total. The second kappa shape index (κ2) is 4.72. The van der Waals surface area contributed by atoms with Crippen molar-refractivity contribution in [3.63, 3.8) is 0 Å². The van der Waals surface area contributed by atoms with E-state index >= 15 is 0 Å². The Balaban J connectivity index is 1.85. The van der Waals surface area contributed by atoms with Gasteiger partial charge in [-0.05, 0) is 30.4 Å². The highest BCUT2D eigenvalue weighted by atomic mass is 15.2. The van der Waals surface area contributed by atoms with Crippen LogP contribution in [0.25, 0.3) is 0 Å². The Morgan fingerprint density at radius 1 is 1.28 bits per heavy atom. The van der Waals surface area contributed by atoms with Gasteiger partial charge in [-0.3, -0.25) is 4.90 Å². The summed E-state index contributed by atoms with van der Waals surface area (Å²) in [5.74, 6) is 0. The van der Waals surface area contributed by atoms with Crippen molar-refractivity contribution < 1.29 is 0 Å². The molecule has 3 rings (SSSR count). The van der Waals surface area contributed by atoms with Gasteiger partial charge in [-0.2, -0.15) is 5.26 Å². The molecule has 1 saturated carbocycles. The van der Waals surface area contributed by atoms with Gasteiger partial charge in [-0.25, -0.2) is 0 Å². The average Bonchev–Trinajstić information content (AvgIpc) is 3.17. The lowest BCUT2D eigenvalue weighted by Crippen LogP contribution is -2.31. The van der Waals surface area contributed by atoms with Gasteiger partial charge in [0.05, 0.1) is 6.07 Å². The second-order valence-electron chi connectivity index (χ2n) is 5.36. The van der Waals surface area contributed by atoms with Crippen LogP contribution in [0.1, 0.15) is 48.9 Å². The van der Waals surface area contributed by atoms with Gasteiger partial charge < -0.3 is 5.73 Å². The molecule has 0 bridgehead atoms. The number of nitrogens with zero attached hydrogens (tertiary/aromatic N) is 2. The molecular weight excluding hydrogens is 222 g/mol. The quantitative estimate of drug-likeness (QED) is 0.881. The zero-order chi connectivity index (χ0) is 12.5. The normalized spacial score (nSPS) is 26.1. The summed E-state index contributed by atoms with van der Waals surface area (Å²) < 4.78 is 0. The average molecular weight is 241 g/mol. The second-order valence-corrected chi connectivity index (χ2v) is 5.36. The van der Waals surface area contributed by atoms with E-state index in [1.807, 2.05) is 0 Å². The fourth-order valence-electron chi connectivity index (χ4n) is 3.14. The molecule has 0 saturated heterocycles. The summed E-state index contributed by atoms with van der Waals surface area (Å²) in [6.45, 7) is 0.882. The van der Waals surface area contributed by atoms with Crippen LogP contribution in [-0.4, -0.2) is 17.5 Å². The summed E-state index contributed by atoms with van der Waals surface area (Å²) in [5, 5.41) is 8.81. The van der Waals surface area contributed by atoms with Crippen LogP contribution in [-0.2, 0) is 0 Å². The zero-order valence-corrected chi connectivity index (χ0v) is 10.5. The summed E-state index contributed by atoms with van der Waals surface area (Å²) in [6, 6.07) is 12.1. The molecule has 2 unspecified atom stereocenters. The Bertz CT molecular complexity index is 473. The molecule has 0 heterocycles. The number of benzene rings is 1. The number of nitriles is 1. The largest absolute Gasteiger partial charge is 0.324 e. The summed E-state index contributed by atoms with van der Waals surface area (Å²) in [4.78, 5) is 2.51. The van der Waals surface area contributed by atoms with Crippen LogP contribution in [0.4, 0.5) is 0 Å². The molecule has 0 spiro atoms. The summed E-state index contributed by atoms with van der Waals surface area (Å²) in [5.41, 5.74) is 8.91. The molecule has 1 aromatic carbocycles. The van der Waals surface area contributed by atoms with Crippen molar-refractivity contribution >= 4 is 0 Å². The van der Waals surface area contributed by atoms with Crippen molar-refractivity contribution in [2.24, 2.45) is 5.73 Å². The van der Waals surface area contributed by atoms with Gasteiger partial charge in [0.25, 0.3) is 0 Å². The highest BCUT2D eigenvalue weighted by Crippen LogP contribution is 2.44. The van der Waals surface area contributed by atoms with Crippen molar-refractivity contribution in [1.82, 2.24) is 4.90 Å². The first-order valence-electron chi connectivity index (χ1n) is 6.78. The van der Waals surface area contributed by atoms with Crippen molar-refractivity contribution in [3.8, 4) is 6.07 Å². The highest BCUT2D eigenvalue weighted by Gasteiger charge is 2.39. The minimum atomic E-state index is 0.162. The molecule has 18 heavy (non-hydrogen) atoms. The van der Waals surface area contributed by atoms with Crippen LogP contribution in [0.15, 0.2) is 24.3 Å².